The maximum atomic E-state index is 13.9. The zero-order valence-electron chi connectivity index (χ0n) is 57.5. The molecule has 15 nitrogen and oxygen atoms in total. The molecule has 6 aromatic rings. The Morgan fingerprint density at radius 1 is 0.636 bits per heavy atom. The third-order valence-corrected chi connectivity index (χ3v) is 20.1. The van der Waals surface area contributed by atoms with E-state index in [4.69, 9.17) is 14.2 Å². The molecule has 0 N–H and O–H groups in total. The highest BCUT2D eigenvalue weighted by atomic mass is 19.4. The quantitative estimate of drug-likeness (QED) is 0.0308. The van der Waals surface area contributed by atoms with E-state index in [0.29, 0.717) is 68.7 Å². The first-order valence-electron chi connectivity index (χ1n) is 34.2. The standard InChI is InChI=1S/C43H59N5O5.C34H33F7N2O3/c1-6-40(49)45(3)27-14-28-47(5)43(52)35-20-22-37(23-21-35)44(2)26-13-12-19-41(50)46(4)31-32-48-29-24-38(25-30-48)53-42(51)33-36-17-10-11-18-39(36)34-15-8-7-9-16-34;1-45-29-18-22-4-2-3-5-28(22)31(29)10-13-42(14-11-31)15-12-32(24-6-8-27(35)9-7-24)20-43(21-46-32)30(44)23-16-25(33(36,37)38)19-26(17-23)34(39,40)41/h7-11,15-18,20-23,38H,6,12-14,19,24-33H2,1-5H3;2-9,16-17,19,29H,10-15,18,20-21H2,1H3/t;29-,32-/m.0/s1. The number of piperidine rings is 2. The second kappa shape index (κ2) is 33.8. The molecule has 3 saturated heterocycles. The number of hydrogen-bond donors (Lipinski definition) is 0. The van der Waals surface area contributed by atoms with Gasteiger partial charge in [0, 0.05) is 123 Å². The number of likely N-dealkylation sites (tertiary alicyclic amines) is 2. The van der Waals surface area contributed by atoms with Crippen molar-refractivity contribution in [1.29, 1.82) is 0 Å². The maximum Gasteiger partial charge on any atom is 0.416 e. The van der Waals surface area contributed by atoms with E-state index < -0.39 is 46.4 Å². The Morgan fingerprint density at radius 2 is 1.25 bits per heavy atom. The molecule has 3 fully saturated rings. The monoisotopic (exact) mass is 1380 g/mol. The number of benzene rings is 6. The predicted octanol–water partition coefficient (Wildman–Crippen LogP) is 13.2. The number of nitrogens with zero attached hydrogens (tertiary/aromatic N) is 7. The van der Waals surface area contributed by atoms with E-state index in [1.54, 1.807) is 31.0 Å². The molecule has 22 heteroatoms. The Bertz CT molecular complexity index is 3640. The van der Waals surface area contributed by atoms with E-state index in [-0.39, 0.29) is 67.1 Å². The minimum absolute atomic E-state index is 0.0121. The van der Waals surface area contributed by atoms with Gasteiger partial charge in [0.2, 0.25) is 11.8 Å². The zero-order chi connectivity index (χ0) is 71.1. The minimum Gasteiger partial charge on any atom is -0.462 e. The summed E-state index contributed by atoms with van der Waals surface area (Å²) in [6.07, 6.45) is -1.95. The summed E-state index contributed by atoms with van der Waals surface area (Å²) >= 11 is 0. The molecular formula is C77H92F7N7O8. The van der Waals surface area contributed by atoms with Crippen molar-refractivity contribution in [2.24, 2.45) is 0 Å². The Hall–Kier alpha value is -8.18. The molecule has 0 unspecified atom stereocenters. The Balaban J connectivity index is 0.000000233. The van der Waals surface area contributed by atoms with Crippen molar-refractivity contribution in [1.82, 2.24) is 29.4 Å². The van der Waals surface area contributed by atoms with Crippen molar-refractivity contribution in [3.63, 3.8) is 0 Å². The number of hydrogen-bond acceptors (Lipinski definition) is 11. The van der Waals surface area contributed by atoms with Gasteiger partial charge in [0.25, 0.3) is 11.8 Å². The van der Waals surface area contributed by atoms with E-state index in [0.717, 1.165) is 118 Å². The van der Waals surface area contributed by atoms with Crippen LogP contribution in [0.3, 0.4) is 0 Å². The normalized spacial score (nSPS) is 17.9. The van der Waals surface area contributed by atoms with Crippen LogP contribution < -0.4 is 4.90 Å². The first-order chi connectivity index (χ1) is 47.3. The lowest BCUT2D eigenvalue weighted by molar-refractivity contribution is -0.150. The van der Waals surface area contributed by atoms with Gasteiger partial charge < -0.3 is 48.5 Å². The molecule has 4 aliphatic rings. The number of halogens is 7. The molecule has 0 aromatic heterocycles. The summed E-state index contributed by atoms with van der Waals surface area (Å²) in [5.74, 6) is -1.46. The number of carbonyl (C=O) groups excluding carboxylic acids is 5. The van der Waals surface area contributed by atoms with Crippen LogP contribution in [0, 0.1) is 5.82 Å². The number of fused-ring (bicyclic) bond motifs is 2. The van der Waals surface area contributed by atoms with Crippen molar-refractivity contribution < 1.29 is 68.9 Å². The van der Waals surface area contributed by atoms with Crippen molar-refractivity contribution in [2.45, 2.75) is 120 Å². The van der Waals surface area contributed by atoms with E-state index in [2.05, 4.69) is 39.0 Å². The first kappa shape index (κ1) is 75.0. The number of ether oxygens (including phenoxy) is 3. The van der Waals surface area contributed by atoms with Gasteiger partial charge in [0.1, 0.15) is 24.3 Å². The molecule has 1 aliphatic carbocycles. The van der Waals surface area contributed by atoms with Crippen LogP contribution in [0.5, 0.6) is 0 Å². The van der Waals surface area contributed by atoms with E-state index in [1.165, 1.54) is 35.4 Å². The summed E-state index contributed by atoms with van der Waals surface area (Å²) in [7, 11) is 9.23. The molecule has 0 radical (unpaired) electrons. The van der Waals surface area contributed by atoms with Crippen LogP contribution in [0.2, 0.25) is 0 Å². The van der Waals surface area contributed by atoms with Gasteiger partial charge in [-0.25, -0.2) is 4.39 Å². The summed E-state index contributed by atoms with van der Waals surface area (Å²) < 4.78 is 113. The van der Waals surface area contributed by atoms with Crippen LogP contribution in [-0.2, 0) is 64.8 Å². The van der Waals surface area contributed by atoms with Gasteiger partial charge in [-0.3, -0.25) is 24.0 Å². The molecule has 10 rings (SSSR count). The maximum absolute atomic E-state index is 13.9. The Morgan fingerprint density at radius 3 is 1.91 bits per heavy atom. The van der Waals surface area contributed by atoms with Gasteiger partial charge in [-0.05, 0) is 159 Å². The smallest absolute Gasteiger partial charge is 0.416 e. The Kier molecular flexibility index (Phi) is 25.6. The molecule has 3 heterocycles. The van der Waals surface area contributed by atoms with Crippen molar-refractivity contribution >= 4 is 35.3 Å². The summed E-state index contributed by atoms with van der Waals surface area (Å²) in [5.41, 5.74) is 2.84. The fourth-order valence-electron chi connectivity index (χ4n) is 14.1. The van der Waals surface area contributed by atoms with Crippen LogP contribution in [0.15, 0.2) is 146 Å². The molecule has 99 heavy (non-hydrogen) atoms. The van der Waals surface area contributed by atoms with Gasteiger partial charge in [-0.1, -0.05) is 97.9 Å². The lowest BCUT2D eigenvalue weighted by Crippen LogP contribution is -2.49. The number of anilines is 1. The van der Waals surface area contributed by atoms with Crippen LogP contribution in [-0.4, -0.2) is 185 Å². The van der Waals surface area contributed by atoms with Gasteiger partial charge in [-0.2, -0.15) is 26.3 Å². The van der Waals surface area contributed by atoms with Crippen LogP contribution in [0.4, 0.5) is 36.4 Å². The molecule has 1 spiro atoms. The fraction of sp³-hybridized carbons (Fsp3) is 0.468. The Labute approximate surface area is 576 Å². The highest BCUT2D eigenvalue weighted by Gasteiger charge is 2.50. The zero-order valence-corrected chi connectivity index (χ0v) is 57.5. The van der Waals surface area contributed by atoms with Crippen molar-refractivity contribution in [3.8, 4) is 11.1 Å². The molecule has 2 atom stereocenters. The number of alkyl halides is 6. The third kappa shape index (κ3) is 19.4. The topological polar surface area (TPSA) is 136 Å². The van der Waals surface area contributed by atoms with Gasteiger partial charge in [-0.15, -0.1) is 0 Å². The average molecular weight is 1380 g/mol. The lowest BCUT2D eigenvalue weighted by atomic mass is 9.72. The lowest BCUT2D eigenvalue weighted by Gasteiger charge is -2.44. The summed E-state index contributed by atoms with van der Waals surface area (Å²) in [5, 5.41) is 0. The largest absolute Gasteiger partial charge is 0.462 e. The summed E-state index contributed by atoms with van der Waals surface area (Å²) in [4.78, 5) is 76.9. The number of amides is 4. The predicted molar refractivity (Wildman–Crippen MR) is 366 cm³/mol. The van der Waals surface area contributed by atoms with E-state index in [1.807, 2.05) is 105 Å². The first-order valence-corrected chi connectivity index (χ1v) is 34.2. The van der Waals surface area contributed by atoms with Gasteiger partial charge >= 0.3 is 18.3 Å². The molecule has 4 amide bonds. The number of carbonyl (C=O) groups is 5. The number of likely N-dealkylation sites (N-methyl/N-ethyl adjacent to an activating group) is 1. The minimum atomic E-state index is -5.09. The molecule has 532 valence electrons. The molecular weight excluding hydrogens is 1280 g/mol. The fourth-order valence-corrected chi connectivity index (χ4v) is 14.1. The highest BCUT2D eigenvalue weighted by Crippen LogP contribution is 2.48. The number of unbranched alkanes of at least 4 members (excludes halogenated alkanes) is 1. The van der Waals surface area contributed by atoms with Crippen LogP contribution in [0.25, 0.3) is 11.1 Å². The van der Waals surface area contributed by atoms with Gasteiger partial charge in [0.05, 0.1) is 30.2 Å². The highest BCUT2D eigenvalue weighted by molar-refractivity contribution is 5.95. The SMILES string of the molecule is CCC(=O)N(C)CCCN(C)C(=O)c1ccc(N(C)CCCCC(=O)N(C)CCN2CCC(OC(=O)Cc3ccccc3-c3ccccc3)CC2)cc1.CO[C@H]1Cc2ccccc2C12CCN(CC[C@@]1(c3ccc(F)cc3)CN(C(=O)c3cc(C(F)(F)F)cc(C(F)(F)F)c3)CO1)CC2. The van der Waals surface area contributed by atoms with E-state index in [9.17, 15) is 54.7 Å². The third-order valence-electron chi connectivity index (χ3n) is 20.1. The number of rotatable bonds is 25. The summed E-state index contributed by atoms with van der Waals surface area (Å²) in [6.45, 7) is 8.63. The average Bonchev–Trinajstić information content (AvgIpc) is 0.846. The van der Waals surface area contributed by atoms with Crippen molar-refractivity contribution in [2.75, 3.05) is 119 Å². The van der Waals surface area contributed by atoms with Crippen LogP contribution >= 0.6 is 0 Å². The van der Waals surface area contributed by atoms with E-state index >= 15 is 0 Å². The number of methoxy groups -OCH3 is 1. The summed E-state index contributed by atoms with van der Waals surface area (Å²) in [6, 6.07) is 40.6. The second-order valence-corrected chi connectivity index (χ2v) is 26.6. The molecule has 0 saturated carbocycles. The second-order valence-electron chi connectivity index (χ2n) is 26.6. The van der Waals surface area contributed by atoms with Crippen LogP contribution in [0.1, 0.15) is 125 Å². The van der Waals surface area contributed by atoms with Crippen molar-refractivity contribution in [3.05, 3.63) is 196 Å². The van der Waals surface area contributed by atoms with Gasteiger partial charge in [0.15, 0.2) is 0 Å². The molecule has 0 bridgehead atoms. The number of esters is 1. The molecule has 6 aromatic carbocycles. The molecule has 3 aliphatic heterocycles.